The first-order valence-electron chi connectivity index (χ1n) is 12.9. The van der Waals surface area contributed by atoms with Crippen molar-refractivity contribution in [2.24, 2.45) is 5.41 Å². The molecule has 0 aromatic heterocycles. The third-order valence-corrected chi connectivity index (χ3v) is 7.06. The summed E-state index contributed by atoms with van der Waals surface area (Å²) in [6.45, 7) is 5.43. The van der Waals surface area contributed by atoms with Gasteiger partial charge in [-0.1, -0.05) is 69.0 Å². The van der Waals surface area contributed by atoms with Crippen LogP contribution in [0, 0.1) is 11.2 Å². The number of rotatable bonds is 12. The average molecular weight is 484 g/mol. The number of carboxylic acid groups (broad SMARTS) is 1. The number of ether oxygens (including phenoxy) is 1. The maximum Gasteiger partial charge on any atom is 0.323 e. The van der Waals surface area contributed by atoms with E-state index in [-0.39, 0.29) is 25.3 Å². The molecule has 6 heteroatoms. The number of carbonyl (C=O) groups excluding carboxylic acids is 1. The number of aliphatic carboxylic acids is 1. The molecule has 0 bridgehead atoms. The van der Waals surface area contributed by atoms with Gasteiger partial charge >= 0.3 is 11.9 Å². The number of hydrogen-bond donors (Lipinski definition) is 1. The van der Waals surface area contributed by atoms with Gasteiger partial charge in [0.05, 0.1) is 6.61 Å². The van der Waals surface area contributed by atoms with Crippen LogP contribution in [0.25, 0.3) is 11.1 Å². The molecular formula is C29H38FNO4. The Hall–Kier alpha value is -2.73. The van der Waals surface area contributed by atoms with Crippen LogP contribution in [0.4, 0.5) is 4.39 Å². The molecule has 0 radical (unpaired) electrons. The summed E-state index contributed by atoms with van der Waals surface area (Å²) in [5.74, 6) is -2.06. The van der Waals surface area contributed by atoms with E-state index in [9.17, 15) is 19.1 Å². The second-order valence-corrected chi connectivity index (χ2v) is 9.56. The highest BCUT2D eigenvalue weighted by Crippen LogP contribution is 2.34. The summed E-state index contributed by atoms with van der Waals surface area (Å²) in [6, 6.07) is 13.5. The predicted octanol–water partition coefficient (Wildman–Crippen LogP) is 6.24. The molecule has 3 rings (SSSR count). The van der Waals surface area contributed by atoms with Crippen LogP contribution in [0.15, 0.2) is 42.5 Å². The van der Waals surface area contributed by atoms with Crippen LogP contribution >= 0.6 is 0 Å². The fourth-order valence-electron chi connectivity index (χ4n) is 4.80. The largest absolute Gasteiger partial charge is 0.480 e. The fourth-order valence-corrected chi connectivity index (χ4v) is 4.80. The molecule has 2 aromatic carbocycles. The van der Waals surface area contributed by atoms with E-state index in [2.05, 4.69) is 24.0 Å². The molecule has 0 spiro atoms. The highest BCUT2D eigenvalue weighted by molar-refractivity contribution is 5.99. The lowest BCUT2D eigenvalue weighted by atomic mass is 9.78. The Morgan fingerprint density at radius 2 is 1.63 bits per heavy atom. The third-order valence-electron chi connectivity index (χ3n) is 7.06. The maximum absolute atomic E-state index is 15.0. The molecule has 0 amide bonds. The zero-order valence-corrected chi connectivity index (χ0v) is 21.0. The van der Waals surface area contributed by atoms with Gasteiger partial charge in [0.2, 0.25) is 0 Å². The van der Waals surface area contributed by atoms with E-state index in [1.807, 2.05) is 24.3 Å². The Morgan fingerprint density at radius 3 is 2.23 bits per heavy atom. The van der Waals surface area contributed by atoms with Crippen LogP contribution in [0.5, 0.6) is 0 Å². The van der Waals surface area contributed by atoms with Crippen LogP contribution in [0.1, 0.15) is 69.9 Å². The van der Waals surface area contributed by atoms with Crippen molar-refractivity contribution < 1.29 is 23.8 Å². The molecule has 1 fully saturated rings. The number of esters is 1. The highest BCUT2D eigenvalue weighted by Gasteiger charge is 2.49. The van der Waals surface area contributed by atoms with Crippen molar-refractivity contribution in [3.63, 3.8) is 0 Å². The summed E-state index contributed by atoms with van der Waals surface area (Å²) in [4.78, 5) is 26.2. The number of nitrogens with zero attached hydrogens (tertiary/aromatic N) is 1. The summed E-state index contributed by atoms with van der Waals surface area (Å²) in [5, 5.41) is 9.66. The van der Waals surface area contributed by atoms with Gasteiger partial charge in [0.25, 0.3) is 0 Å². The number of benzene rings is 2. The molecule has 190 valence electrons. The molecule has 0 aliphatic carbocycles. The van der Waals surface area contributed by atoms with E-state index >= 15 is 0 Å². The van der Waals surface area contributed by atoms with Crippen LogP contribution in [-0.4, -0.2) is 41.6 Å². The summed E-state index contributed by atoms with van der Waals surface area (Å²) in [5.41, 5.74) is 2.07. The Kier molecular flexibility index (Phi) is 9.84. The lowest BCUT2D eigenvalue weighted by Crippen LogP contribution is -2.49. The second kappa shape index (κ2) is 12.8. The quantitative estimate of drug-likeness (QED) is 0.220. The number of halogens is 1. The zero-order chi connectivity index (χ0) is 25.3. The molecule has 2 aromatic rings. The van der Waals surface area contributed by atoms with Gasteiger partial charge in [-0.2, -0.15) is 0 Å². The van der Waals surface area contributed by atoms with E-state index < -0.39 is 17.4 Å². The monoisotopic (exact) mass is 483 g/mol. The zero-order valence-electron chi connectivity index (χ0n) is 21.0. The van der Waals surface area contributed by atoms with E-state index in [1.54, 1.807) is 13.0 Å². The first-order chi connectivity index (χ1) is 16.9. The molecule has 1 aliphatic rings. The van der Waals surface area contributed by atoms with Crippen LogP contribution < -0.4 is 0 Å². The summed E-state index contributed by atoms with van der Waals surface area (Å²) < 4.78 is 20.0. The van der Waals surface area contributed by atoms with E-state index in [1.165, 1.54) is 37.7 Å². The Labute approximate surface area is 208 Å². The minimum atomic E-state index is -1.48. The van der Waals surface area contributed by atoms with E-state index in [4.69, 9.17) is 4.74 Å². The number of aryl methyl sites for hydroxylation is 1. The second-order valence-electron chi connectivity index (χ2n) is 9.56. The third kappa shape index (κ3) is 6.91. The van der Waals surface area contributed by atoms with E-state index in [0.717, 1.165) is 17.5 Å². The predicted molar refractivity (Wildman–Crippen MR) is 136 cm³/mol. The SMILES string of the molecule is CCCCCCCc1ccc(-c2ccc(CN3CCC(C(=O)O)(C(=O)OCC)CC3)cc2F)cc1. The molecule has 0 atom stereocenters. The van der Waals surface area contributed by atoms with Crippen LogP contribution in [0.2, 0.25) is 0 Å². The average Bonchev–Trinajstić information content (AvgIpc) is 2.85. The first-order valence-corrected chi connectivity index (χ1v) is 12.9. The smallest absolute Gasteiger partial charge is 0.323 e. The maximum atomic E-state index is 15.0. The fraction of sp³-hybridized carbons (Fsp3) is 0.517. The molecule has 35 heavy (non-hydrogen) atoms. The minimum Gasteiger partial charge on any atom is -0.480 e. The van der Waals surface area contributed by atoms with Crippen molar-refractivity contribution in [3.8, 4) is 11.1 Å². The summed E-state index contributed by atoms with van der Waals surface area (Å²) >= 11 is 0. The molecule has 1 saturated heterocycles. The summed E-state index contributed by atoms with van der Waals surface area (Å²) in [7, 11) is 0. The Balaban J connectivity index is 1.57. The molecule has 1 N–H and O–H groups in total. The number of likely N-dealkylation sites (tertiary alicyclic amines) is 1. The van der Waals surface area contributed by atoms with Crippen molar-refractivity contribution in [3.05, 3.63) is 59.4 Å². The van der Waals surface area contributed by atoms with Gasteiger partial charge in [-0.15, -0.1) is 0 Å². The van der Waals surface area contributed by atoms with Gasteiger partial charge in [-0.25, -0.2) is 4.39 Å². The van der Waals surface area contributed by atoms with Crippen molar-refractivity contribution in [2.75, 3.05) is 19.7 Å². The van der Waals surface area contributed by atoms with Gasteiger partial charge in [-0.3, -0.25) is 14.5 Å². The van der Waals surface area contributed by atoms with Crippen LogP contribution in [0.3, 0.4) is 0 Å². The molecule has 1 aliphatic heterocycles. The Morgan fingerprint density at radius 1 is 0.971 bits per heavy atom. The molecule has 1 heterocycles. The van der Waals surface area contributed by atoms with Gasteiger partial charge < -0.3 is 9.84 Å². The number of hydrogen-bond acceptors (Lipinski definition) is 4. The van der Waals surface area contributed by atoms with Crippen molar-refractivity contribution in [1.82, 2.24) is 4.90 Å². The minimum absolute atomic E-state index is 0.158. The standard InChI is InChI=1S/C29H38FNO4/c1-3-5-6-7-8-9-22-10-13-24(14-11-22)25-15-12-23(20-26(25)30)21-31-18-16-29(17-19-31,27(32)33)28(34)35-4-2/h10-15,20H,3-9,16-19,21H2,1-2H3,(H,32,33). The van der Waals surface area contributed by atoms with Crippen LogP contribution in [-0.2, 0) is 27.3 Å². The lowest BCUT2D eigenvalue weighted by molar-refractivity contribution is -0.172. The van der Waals surface area contributed by atoms with Crippen molar-refractivity contribution in [1.29, 1.82) is 0 Å². The van der Waals surface area contributed by atoms with Gasteiger partial charge in [0.15, 0.2) is 5.41 Å². The lowest BCUT2D eigenvalue weighted by Gasteiger charge is -2.37. The molecule has 0 saturated carbocycles. The Bertz CT molecular complexity index is 981. The van der Waals surface area contributed by atoms with Gasteiger partial charge in [0.1, 0.15) is 5.82 Å². The number of unbranched alkanes of at least 4 members (excludes halogenated alkanes) is 4. The van der Waals surface area contributed by atoms with E-state index in [0.29, 0.717) is 25.2 Å². The van der Waals surface area contributed by atoms with Gasteiger partial charge in [0, 0.05) is 25.2 Å². The van der Waals surface area contributed by atoms with Gasteiger partial charge in [-0.05, 0) is 55.4 Å². The van der Waals surface area contributed by atoms with Crippen molar-refractivity contribution >= 4 is 11.9 Å². The normalized spacial score (nSPS) is 15.6. The molecular weight excluding hydrogens is 445 g/mol. The summed E-state index contributed by atoms with van der Waals surface area (Å²) in [6.07, 6.45) is 7.70. The number of carboxylic acids is 1. The van der Waals surface area contributed by atoms with Crippen molar-refractivity contribution in [2.45, 2.75) is 71.8 Å². The topological polar surface area (TPSA) is 66.8 Å². The number of piperidine rings is 1. The first kappa shape index (κ1) is 26.9. The molecule has 5 nitrogen and oxygen atoms in total. The molecule has 0 unspecified atom stereocenters. The highest BCUT2D eigenvalue weighted by atomic mass is 19.1. The number of carbonyl (C=O) groups is 2.